The molecule has 2 aromatic heterocycles. The van der Waals surface area contributed by atoms with Gasteiger partial charge in [-0.15, -0.1) is 11.3 Å². The predicted octanol–water partition coefficient (Wildman–Crippen LogP) is 6.64. The molecule has 28 heavy (non-hydrogen) atoms. The first-order valence-electron chi connectivity index (χ1n) is 8.27. The summed E-state index contributed by atoms with van der Waals surface area (Å²) >= 11 is 7.13. The second-order valence-electron chi connectivity index (χ2n) is 6.21. The molecule has 2 heterocycles. The topological polar surface area (TPSA) is 30.7 Å². The third kappa shape index (κ3) is 3.68. The van der Waals surface area contributed by atoms with Crippen molar-refractivity contribution in [3.8, 4) is 27.6 Å². The van der Waals surface area contributed by atoms with Gasteiger partial charge in [-0.2, -0.15) is 18.3 Å². The number of thiazole rings is 1. The molecule has 142 valence electrons. The van der Waals surface area contributed by atoms with Crippen molar-refractivity contribution >= 4 is 22.9 Å². The van der Waals surface area contributed by atoms with Crippen molar-refractivity contribution < 1.29 is 13.2 Å². The molecule has 0 saturated heterocycles. The van der Waals surface area contributed by atoms with E-state index in [0.717, 1.165) is 17.2 Å². The van der Waals surface area contributed by atoms with Crippen molar-refractivity contribution in [1.82, 2.24) is 14.8 Å². The Morgan fingerprint density at radius 2 is 1.61 bits per heavy atom. The zero-order valence-electron chi connectivity index (χ0n) is 14.5. The number of benzene rings is 2. The number of nitrogens with zero attached hydrogens (tertiary/aromatic N) is 3. The van der Waals surface area contributed by atoms with Crippen LogP contribution in [0.2, 0.25) is 5.02 Å². The standard InChI is InChI=1S/C20H13ClF3N3S/c1-12-2-4-14(5-3-12)17-10-18(20(22,23)24)26-27(17)19-25-16(11-28-19)13-6-8-15(21)9-7-13/h2-11H,1H3. The molecule has 0 N–H and O–H groups in total. The lowest BCUT2D eigenvalue weighted by atomic mass is 10.1. The number of rotatable bonds is 3. The fourth-order valence-electron chi connectivity index (χ4n) is 2.71. The van der Waals surface area contributed by atoms with E-state index in [1.54, 1.807) is 29.6 Å². The maximum absolute atomic E-state index is 13.3. The molecule has 0 unspecified atom stereocenters. The second-order valence-corrected chi connectivity index (χ2v) is 7.49. The lowest BCUT2D eigenvalue weighted by Gasteiger charge is -2.04. The third-order valence-corrected chi connectivity index (χ3v) is 5.23. The molecule has 2 aromatic carbocycles. The lowest BCUT2D eigenvalue weighted by molar-refractivity contribution is -0.141. The summed E-state index contributed by atoms with van der Waals surface area (Å²) in [5.74, 6) is 0. The molecule has 3 nitrogen and oxygen atoms in total. The van der Waals surface area contributed by atoms with E-state index in [9.17, 15) is 13.2 Å². The van der Waals surface area contributed by atoms with Crippen LogP contribution in [0, 0.1) is 6.92 Å². The van der Waals surface area contributed by atoms with Gasteiger partial charge >= 0.3 is 6.18 Å². The zero-order chi connectivity index (χ0) is 19.9. The number of alkyl halides is 3. The SMILES string of the molecule is Cc1ccc(-c2cc(C(F)(F)F)nn2-c2nc(-c3ccc(Cl)cc3)cs2)cc1. The fraction of sp³-hybridized carbons (Fsp3) is 0.100. The molecule has 0 aliphatic carbocycles. The number of hydrogen-bond donors (Lipinski definition) is 0. The van der Waals surface area contributed by atoms with Crippen LogP contribution in [0.1, 0.15) is 11.3 Å². The summed E-state index contributed by atoms with van der Waals surface area (Å²) in [7, 11) is 0. The van der Waals surface area contributed by atoms with Crippen LogP contribution in [0.3, 0.4) is 0 Å². The van der Waals surface area contributed by atoms with Crippen molar-refractivity contribution in [3.63, 3.8) is 0 Å². The van der Waals surface area contributed by atoms with E-state index < -0.39 is 11.9 Å². The van der Waals surface area contributed by atoms with Crippen LogP contribution in [-0.4, -0.2) is 14.8 Å². The van der Waals surface area contributed by atoms with Gasteiger partial charge in [0.15, 0.2) is 5.69 Å². The number of halogens is 4. The van der Waals surface area contributed by atoms with E-state index in [1.165, 1.54) is 16.0 Å². The zero-order valence-corrected chi connectivity index (χ0v) is 16.1. The highest BCUT2D eigenvalue weighted by Crippen LogP contribution is 2.34. The van der Waals surface area contributed by atoms with Crippen LogP contribution < -0.4 is 0 Å². The molecule has 0 fully saturated rings. The molecule has 0 bridgehead atoms. The number of aryl methyl sites for hydroxylation is 1. The quantitative estimate of drug-likeness (QED) is 0.372. The maximum atomic E-state index is 13.3. The largest absolute Gasteiger partial charge is 0.435 e. The Labute approximate surface area is 168 Å². The van der Waals surface area contributed by atoms with Crippen LogP contribution in [0.25, 0.3) is 27.6 Å². The van der Waals surface area contributed by atoms with E-state index in [-0.39, 0.29) is 0 Å². The Morgan fingerprint density at radius 1 is 0.964 bits per heavy atom. The predicted molar refractivity (Wildman–Crippen MR) is 105 cm³/mol. The molecule has 4 rings (SSSR count). The highest BCUT2D eigenvalue weighted by Gasteiger charge is 2.35. The summed E-state index contributed by atoms with van der Waals surface area (Å²) in [6, 6.07) is 15.4. The highest BCUT2D eigenvalue weighted by atomic mass is 35.5. The third-order valence-electron chi connectivity index (χ3n) is 4.16. The average molecular weight is 420 g/mol. The summed E-state index contributed by atoms with van der Waals surface area (Å²) < 4.78 is 41.1. The van der Waals surface area contributed by atoms with Gasteiger partial charge in [0.1, 0.15) is 0 Å². The normalized spacial score (nSPS) is 11.8. The van der Waals surface area contributed by atoms with Crippen molar-refractivity contribution in [1.29, 1.82) is 0 Å². The second kappa shape index (κ2) is 7.07. The van der Waals surface area contributed by atoms with Crippen molar-refractivity contribution in [2.24, 2.45) is 0 Å². The molecule has 0 spiro atoms. The lowest BCUT2D eigenvalue weighted by Crippen LogP contribution is -2.07. The van der Waals surface area contributed by atoms with E-state index in [2.05, 4.69) is 10.1 Å². The smallest absolute Gasteiger partial charge is 0.218 e. The molecular formula is C20H13ClF3N3S. The first-order chi connectivity index (χ1) is 13.3. The first kappa shape index (κ1) is 18.7. The Kier molecular flexibility index (Phi) is 4.72. The van der Waals surface area contributed by atoms with Gasteiger partial charge in [-0.1, -0.05) is 53.6 Å². The van der Waals surface area contributed by atoms with Gasteiger partial charge in [-0.05, 0) is 25.1 Å². The minimum atomic E-state index is -4.54. The summed E-state index contributed by atoms with van der Waals surface area (Å²) in [6.07, 6.45) is -4.54. The van der Waals surface area contributed by atoms with Crippen LogP contribution in [0.4, 0.5) is 13.2 Å². The number of aromatic nitrogens is 3. The Balaban J connectivity index is 1.81. The average Bonchev–Trinajstić information content (AvgIpc) is 3.30. The summed E-state index contributed by atoms with van der Waals surface area (Å²) in [6.45, 7) is 1.92. The first-order valence-corrected chi connectivity index (χ1v) is 9.53. The number of hydrogen-bond acceptors (Lipinski definition) is 3. The van der Waals surface area contributed by atoms with Crippen molar-refractivity contribution in [3.05, 3.63) is 76.3 Å². The summed E-state index contributed by atoms with van der Waals surface area (Å²) in [5, 5.41) is 6.53. The van der Waals surface area contributed by atoms with Crippen LogP contribution in [-0.2, 0) is 6.18 Å². The molecule has 0 saturated carbocycles. The van der Waals surface area contributed by atoms with E-state index in [1.807, 2.05) is 31.2 Å². The highest BCUT2D eigenvalue weighted by molar-refractivity contribution is 7.12. The van der Waals surface area contributed by atoms with Gasteiger partial charge in [-0.3, -0.25) is 0 Å². The molecule has 0 aliphatic rings. The minimum absolute atomic E-state index is 0.337. The van der Waals surface area contributed by atoms with Gasteiger partial charge in [0.25, 0.3) is 0 Å². The summed E-state index contributed by atoms with van der Waals surface area (Å²) in [5.41, 5.74) is 2.51. The van der Waals surface area contributed by atoms with Gasteiger partial charge in [-0.25, -0.2) is 9.67 Å². The van der Waals surface area contributed by atoms with E-state index >= 15 is 0 Å². The van der Waals surface area contributed by atoms with Crippen LogP contribution in [0.15, 0.2) is 60.0 Å². The molecule has 0 radical (unpaired) electrons. The minimum Gasteiger partial charge on any atom is -0.218 e. The molecule has 0 atom stereocenters. The Morgan fingerprint density at radius 3 is 2.25 bits per heavy atom. The molecule has 8 heteroatoms. The van der Waals surface area contributed by atoms with E-state index in [0.29, 0.717) is 27.1 Å². The van der Waals surface area contributed by atoms with Crippen molar-refractivity contribution in [2.45, 2.75) is 13.1 Å². The van der Waals surface area contributed by atoms with Gasteiger partial charge in [0, 0.05) is 21.5 Å². The van der Waals surface area contributed by atoms with E-state index in [4.69, 9.17) is 11.6 Å². The van der Waals surface area contributed by atoms with Crippen molar-refractivity contribution in [2.75, 3.05) is 0 Å². The molecule has 0 aliphatic heterocycles. The van der Waals surface area contributed by atoms with Gasteiger partial charge < -0.3 is 0 Å². The molecule has 0 amide bonds. The van der Waals surface area contributed by atoms with Crippen LogP contribution >= 0.6 is 22.9 Å². The molecule has 4 aromatic rings. The fourth-order valence-corrected chi connectivity index (χ4v) is 3.63. The van der Waals surface area contributed by atoms with Crippen LogP contribution in [0.5, 0.6) is 0 Å². The monoisotopic (exact) mass is 419 g/mol. The summed E-state index contributed by atoms with van der Waals surface area (Å²) in [4.78, 5) is 4.49. The van der Waals surface area contributed by atoms with Gasteiger partial charge in [0.05, 0.1) is 11.4 Å². The Bertz CT molecular complexity index is 1110. The van der Waals surface area contributed by atoms with Gasteiger partial charge in [0.2, 0.25) is 5.13 Å². The molecular weight excluding hydrogens is 407 g/mol. The maximum Gasteiger partial charge on any atom is 0.435 e. The Hall–Kier alpha value is -2.64.